The van der Waals surface area contributed by atoms with E-state index in [1.165, 1.54) is 0 Å². The van der Waals surface area contributed by atoms with E-state index in [0.717, 1.165) is 0 Å². The molecule has 0 heterocycles. The van der Waals surface area contributed by atoms with E-state index in [1.54, 1.807) is 0 Å². The number of rotatable bonds is 4. The van der Waals surface area contributed by atoms with Gasteiger partial charge in [0.15, 0.2) is 0 Å². The van der Waals surface area contributed by atoms with E-state index in [0.29, 0.717) is 19.3 Å². The predicted octanol–water partition coefficient (Wildman–Crippen LogP) is 1.66. The van der Waals surface area contributed by atoms with Crippen LogP contribution in [0.1, 0.15) is 26.2 Å². The van der Waals surface area contributed by atoms with Crippen molar-refractivity contribution in [3.05, 3.63) is 17.0 Å². The Morgan fingerprint density at radius 1 is 1.78 bits per heavy atom. The Balaban J connectivity index is 3.54. The fourth-order valence-corrected chi connectivity index (χ4v) is 0.694. The number of nitrogens with zero attached hydrogens (tertiary/aromatic N) is 1. The lowest BCUT2D eigenvalue weighted by molar-refractivity contribution is -0.523. The average Bonchev–Trinajstić information content (AvgIpc) is 1.82. The maximum Gasteiger partial charge on any atom is 0.212 e. The van der Waals surface area contributed by atoms with Gasteiger partial charge in [-0.1, -0.05) is 13.8 Å². The molecule has 0 N–H and O–H groups in total. The highest BCUT2D eigenvalue weighted by Crippen LogP contribution is 2.03. The van der Waals surface area contributed by atoms with Crippen molar-refractivity contribution in [2.75, 3.05) is 0 Å². The van der Waals surface area contributed by atoms with E-state index in [9.17, 15) is 10.1 Å². The van der Waals surface area contributed by atoms with Crippen molar-refractivity contribution in [2.45, 2.75) is 32.2 Å². The van der Waals surface area contributed by atoms with Gasteiger partial charge in [-0.2, -0.15) is 0 Å². The summed E-state index contributed by atoms with van der Waals surface area (Å²) >= 11 is 0. The van der Waals surface area contributed by atoms with Gasteiger partial charge in [0.1, 0.15) is 0 Å². The number of hydrogen-bond acceptors (Lipinski definition) is 2. The van der Waals surface area contributed by atoms with Gasteiger partial charge in [0.2, 0.25) is 6.04 Å². The van der Waals surface area contributed by atoms with Gasteiger partial charge in [-0.15, -0.1) is 0 Å². The quantitative estimate of drug-likeness (QED) is 0.429. The van der Waals surface area contributed by atoms with Gasteiger partial charge >= 0.3 is 0 Å². The molecule has 0 aliphatic heterocycles. The molecule has 0 bridgehead atoms. The van der Waals surface area contributed by atoms with Crippen molar-refractivity contribution < 1.29 is 4.92 Å². The molecule has 0 spiro atoms. The topological polar surface area (TPSA) is 43.1 Å². The van der Waals surface area contributed by atoms with E-state index in [1.807, 2.05) is 6.92 Å². The molecular weight excluding hydrogens is 118 g/mol. The Morgan fingerprint density at radius 3 is 2.44 bits per heavy atom. The van der Waals surface area contributed by atoms with Crippen molar-refractivity contribution >= 4 is 0 Å². The fourth-order valence-electron chi connectivity index (χ4n) is 0.694. The van der Waals surface area contributed by atoms with Crippen molar-refractivity contribution in [3.63, 3.8) is 0 Å². The molecule has 9 heavy (non-hydrogen) atoms. The lowest BCUT2D eigenvalue weighted by Crippen LogP contribution is -2.17. The van der Waals surface area contributed by atoms with Crippen LogP contribution in [0.25, 0.3) is 0 Å². The Bertz CT molecular complexity index is 93.1. The second-order valence-corrected chi connectivity index (χ2v) is 1.99. The van der Waals surface area contributed by atoms with Crippen LogP contribution in [0.3, 0.4) is 0 Å². The zero-order valence-corrected chi connectivity index (χ0v) is 5.67. The van der Waals surface area contributed by atoms with Gasteiger partial charge < -0.3 is 0 Å². The van der Waals surface area contributed by atoms with Gasteiger partial charge in [-0.25, -0.2) is 0 Å². The molecule has 0 aromatic carbocycles. The summed E-state index contributed by atoms with van der Waals surface area (Å²) in [4.78, 5) is 9.87. The lowest BCUT2D eigenvalue weighted by Gasteiger charge is -2.02. The minimum absolute atomic E-state index is 0.231. The molecular formula is C6H12NO2. The molecule has 1 unspecified atom stereocenters. The number of nitro groups is 1. The Hall–Kier alpha value is -0.600. The van der Waals surface area contributed by atoms with Crippen LogP contribution in [-0.2, 0) is 0 Å². The molecule has 0 saturated carbocycles. The van der Waals surface area contributed by atoms with E-state index in [-0.39, 0.29) is 11.0 Å². The summed E-state index contributed by atoms with van der Waals surface area (Å²) in [5.41, 5.74) is 0. The minimum atomic E-state index is -0.373. The third kappa shape index (κ3) is 3.06. The molecule has 0 amide bonds. The lowest BCUT2D eigenvalue weighted by atomic mass is 10.1. The molecule has 0 aromatic rings. The molecule has 0 fully saturated rings. The summed E-state index contributed by atoms with van der Waals surface area (Å²) in [6.07, 6.45) is 1.87. The first-order valence-corrected chi connectivity index (χ1v) is 3.15. The Morgan fingerprint density at radius 2 is 2.33 bits per heavy atom. The predicted molar refractivity (Wildman–Crippen MR) is 35.7 cm³/mol. The van der Waals surface area contributed by atoms with Gasteiger partial charge in [-0.05, 0) is 6.42 Å². The van der Waals surface area contributed by atoms with Gasteiger partial charge in [0.05, 0.1) is 0 Å². The summed E-state index contributed by atoms with van der Waals surface area (Å²) in [5.74, 6) is 0. The highest BCUT2D eigenvalue weighted by Gasteiger charge is 2.14. The maximum absolute atomic E-state index is 10.1. The van der Waals surface area contributed by atoms with Crippen LogP contribution in [0.2, 0.25) is 0 Å². The zero-order valence-electron chi connectivity index (χ0n) is 5.67. The normalized spacial score (nSPS) is 13.1. The maximum atomic E-state index is 10.1. The highest BCUT2D eigenvalue weighted by atomic mass is 16.6. The van der Waals surface area contributed by atoms with Crippen LogP contribution in [0.5, 0.6) is 0 Å². The van der Waals surface area contributed by atoms with Crippen LogP contribution in [-0.4, -0.2) is 11.0 Å². The van der Waals surface area contributed by atoms with E-state index >= 15 is 0 Å². The minimum Gasteiger partial charge on any atom is -0.264 e. The SMILES string of the molecule is [CH2]CCC(CC)[N+](=O)[O-]. The molecule has 1 atom stereocenters. The molecule has 0 rings (SSSR count). The Kier molecular flexibility index (Phi) is 4.01. The van der Waals surface area contributed by atoms with Crippen LogP contribution in [0.4, 0.5) is 0 Å². The van der Waals surface area contributed by atoms with Crippen LogP contribution >= 0.6 is 0 Å². The molecule has 0 saturated heterocycles. The van der Waals surface area contributed by atoms with Crippen molar-refractivity contribution in [3.8, 4) is 0 Å². The second-order valence-electron chi connectivity index (χ2n) is 1.99. The van der Waals surface area contributed by atoms with E-state index < -0.39 is 0 Å². The molecule has 3 nitrogen and oxygen atoms in total. The molecule has 0 aliphatic carbocycles. The first kappa shape index (κ1) is 8.40. The summed E-state index contributed by atoms with van der Waals surface area (Å²) in [6.45, 7) is 5.37. The first-order chi connectivity index (χ1) is 4.22. The molecule has 0 aliphatic rings. The third-order valence-electron chi connectivity index (χ3n) is 1.31. The fraction of sp³-hybridized carbons (Fsp3) is 0.833. The average molecular weight is 130 g/mol. The molecule has 0 aromatic heterocycles. The van der Waals surface area contributed by atoms with Gasteiger partial charge in [0.25, 0.3) is 0 Å². The van der Waals surface area contributed by atoms with E-state index in [4.69, 9.17) is 0 Å². The monoisotopic (exact) mass is 130 g/mol. The van der Waals surface area contributed by atoms with Crippen LogP contribution in [0, 0.1) is 17.0 Å². The smallest absolute Gasteiger partial charge is 0.212 e. The van der Waals surface area contributed by atoms with Gasteiger partial charge in [-0.3, -0.25) is 10.1 Å². The summed E-state index contributed by atoms with van der Waals surface area (Å²) < 4.78 is 0. The van der Waals surface area contributed by atoms with Crippen molar-refractivity contribution in [1.82, 2.24) is 0 Å². The zero-order chi connectivity index (χ0) is 7.28. The summed E-state index contributed by atoms with van der Waals surface area (Å²) in [7, 11) is 0. The summed E-state index contributed by atoms with van der Waals surface area (Å²) in [5, 5.41) is 10.1. The molecule has 53 valence electrons. The van der Waals surface area contributed by atoms with Crippen molar-refractivity contribution in [2.24, 2.45) is 0 Å². The first-order valence-electron chi connectivity index (χ1n) is 3.15. The van der Waals surface area contributed by atoms with Crippen LogP contribution in [0.15, 0.2) is 0 Å². The highest BCUT2D eigenvalue weighted by molar-refractivity contribution is 4.54. The van der Waals surface area contributed by atoms with Crippen LogP contribution < -0.4 is 0 Å². The van der Waals surface area contributed by atoms with Gasteiger partial charge in [0, 0.05) is 17.8 Å². The van der Waals surface area contributed by atoms with E-state index in [2.05, 4.69) is 6.92 Å². The van der Waals surface area contributed by atoms with Crippen molar-refractivity contribution in [1.29, 1.82) is 0 Å². The Labute approximate surface area is 55.2 Å². The third-order valence-corrected chi connectivity index (χ3v) is 1.31. The largest absolute Gasteiger partial charge is 0.264 e. The second kappa shape index (κ2) is 4.30. The number of hydrogen-bond donors (Lipinski definition) is 0. The molecule has 1 radical (unpaired) electrons. The molecule has 3 heteroatoms. The summed E-state index contributed by atoms with van der Waals surface area (Å²) in [6, 6.07) is -0.373. The standard InChI is InChI=1S/C6H12NO2/c1-3-5-6(4-2)7(8)9/h6H,1,3-5H2,2H3.